The first-order valence-electron chi connectivity index (χ1n) is 10.9. The minimum absolute atomic E-state index is 0. The van der Waals surface area contributed by atoms with Crippen LogP contribution in [0.15, 0.2) is 60.7 Å². The number of nitrogens with two attached hydrogens (primary N) is 1. The van der Waals surface area contributed by atoms with Gasteiger partial charge in [-0.25, -0.2) is 9.67 Å². The second-order valence-corrected chi connectivity index (χ2v) is 7.80. The Hall–Kier alpha value is -2.72. The van der Waals surface area contributed by atoms with Crippen molar-refractivity contribution in [2.75, 3.05) is 6.54 Å². The maximum absolute atomic E-state index is 12.5. The molecule has 5 N–H and O–H groups in total. The summed E-state index contributed by atoms with van der Waals surface area (Å²) in [7, 11) is -1.63. The van der Waals surface area contributed by atoms with Crippen molar-refractivity contribution >= 4 is 25.4 Å². The van der Waals surface area contributed by atoms with Crippen LogP contribution >= 0.6 is 12.4 Å². The summed E-state index contributed by atoms with van der Waals surface area (Å²) in [6.45, 7) is 1.07. The minimum atomic E-state index is -1.63. The van der Waals surface area contributed by atoms with E-state index in [1.54, 1.807) is 0 Å². The van der Waals surface area contributed by atoms with Gasteiger partial charge in [0.05, 0.1) is 18.9 Å². The van der Waals surface area contributed by atoms with Crippen LogP contribution in [0.25, 0.3) is 0 Å². The number of hydrogen-bond acceptors (Lipinski definition) is 6. The molecule has 0 aliphatic heterocycles. The van der Waals surface area contributed by atoms with Crippen molar-refractivity contribution in [3.63, 3.8) is 0 Å². The van der Waals surface area contributed by atoms with Gasteiger partial charge >= 0.3 is 7.12 Å². The first-order chi connectivity index (χ1) is 15.5. The highest BCUT2D eigenvalue weighted by atomic mass is 35.5. The van der Waals surface area contributed by atoms with E-state index in [1.807, 2.05) is 65.3 Å². The quantitative estimate of drug-likeness (QED) is 0.234. The fourth-order valence-electron chi connectivity index (χ4n) is 3.50. The third-order valence-electron chi connectivity index (χ3n) is 5.17. The predicted octanol–water partition coefficient (Wildman–Crippen LogP) is 1.51. The van der Waals surface area contributed by atoms with E-state index in [2.05, 4.69) is 15.4 Å². The van der Waals surface area contributed by atoms with Gasteiger partial charge in [-0.1, -0.05) is 67.1 Å². The van der Waals surface area contributed by atoms with Crippen LogP contribution in [0.4, 0.5) is 0 Å². The third kappa shape index (κ3) is 8.62. The number of benzene rings is 2. The topological polar surface area (TPSA) is 126 Å². The van der Waals surface area contributed by atoms with Crippen molar-refractivity contribution in [1.82, 2.24) is 20.1 Å². The third-order valence-corrected chi connectivity index (χ3v) is 5.17. The Bertz CT molecular complexity index is 914. The lowest BCUT2D eigenvalue weighted by Crippen LogP contribution is -2.47. The first-order valence-corrected chi connectivity index (χ1v) is 10.9. The SMILES string of the molecule is Cl.NCCCC[C@H](NC(=O)Cc1nc(Cc2ccccc2)n(Cc2ccccc2)n1)B(O)O. The molecule has 2 aromatic carbocycles. The summed E-state index contributed by atoms with van der Waals surface area (Å²) >= 11 is 0. The Kier molecular flexibility index (Phi) is 11.1. The van der Waals surface area contributed by atoms with Gasteiger partial charge in [-0.15, -0.1) is 12.4 Å². The number of nitrogens with zero attached hydrogens (tertiary/aromatic N) is 3. The molecule has 1 heterocycles. The molecule has 0 saturated carbocycles. The van der Waals surface area contributed by atoms with Crippen molar-refractivity contribution in [1.29, 1.82) is 0 Å². The van der Waals surface area contributed by atoms with Crippen molar-refractivity contribution in [3.05, 3.63) is 83.4 Å². The monoisotopic (exact) mass is 471 g/mol. The fraction of sp³-hybridized carbons (Fsp3) is 0.348. The zero-order chi connectivity index (χ0) is 22.8. The molecule has 0 aliphatic carbocycles. The van der Waals surface area contributed by atoms with Crippen LogP contribution in [0.2, 0.25) is 0 Å². The lowest BCUT2D eigenvalue weighted by molar-refractivity contribution is -0.121. The molecule has 1 aromatic heterocycles. The van der Waals surface area contributed by atoms with E-state index in [-0.39, 0.29) is 24.7 Å². The standard InChI is InChI=1S/C23H30BN5O3.ClH/c25-14-8-7-13-20(24(31)32)26-23(30)16-21-27-22(15-18-9-3-1-4-10-18)29(28-21)17-19-11-5-2-6-12-19;/h1-6,9-12,20,31-32H,7-8,13-17,25H2,(H,26,30);1H/t20-;/m0./s1. The van der Waals surface area contributed by atoms with E-state index in [4.69, 9.17) is 5.73 Å². The van der Waals surface area contributed by atoms with Gasteiger partial charge in [0.1, 0.15) is 5.82 Å². The van der Waals surface area contributed by atoms with Crippen LogP contribution in [0, 0.1) is 0 Å². The van der Waals surface area contributed by atoms with Crippen molar-refractivity contribution < 1.29 is 14.8 Å². The second kappa shape index (κ2) is 13.7. The Labute approximate surface area is 200 Å². The molecule has 0 bridgehead atoms. The van der Waals surface area contributed by atoms with Crippen LogP contribution in [0.1, 0.15) is 42.0 Å². The second-order valence-electron chi connectivity index (χ2n) is 7.80. The molecule has 176 valence electrons. The molecule has 0 spiro atoms. The fourth-order valence-corrected chi connectivity index (χ4v) is 3.50. The molecule has 0 unspecified atom stereocenters. The molecule has 8 nitrogen and oxygen atoms in total. The molecule has 10 heteroatoms. The van der Waals surface area contributed by atoms with Gasteiger partial charge in [0, 0.05) is 6.42 Å². The van der Waals surface area contributed by atoms with Crippen LogP contribution in [0.5, 0.6) is 0 Å². The maximum Gasteiger partial charge on any atom is 0.475 e. The summed E-state index contributed by atoms with van der Waals surface area (Å²) in [6.07, 6.45) is 2.45. The van der Waals surface area contributed by atoms with Crippen molar-refractivity contribution in [2.45, 2.75) is 44.6 Å². The summed E-state index contributed by atoms with van der Waals surface area (Å²) in [6, 6.07) is 19.9. The summed E-state index contributed by atoms with van der Waals surface area (Å²) in [5.41, 5.74) is 7.68. The number of aromatic nitrogens is 3. The molecule has 0 aliphatic rings. The molecule has 33 heavy (non-hydrogen) atoms. The Morgan fingerprint density at radius 2 is 1.67 bits per heavy atom. The minimum Gasteiger partial charge on any atom is -0.426 e. The van der Waals surface area contributed by atoms with E-state index in [1.165, 1.54) is 0 Å². The zero-order valence-corrected chi connectivity index (χ0v) is 19.3. The molecule has 0 saturated heterocycles. The van der Waals surface area contributed by atoms with E-state index in [0.29, 0.717) is 38.2 Å². The van der Waals surface area contributed by atoms with Crippen molar-refractivity contribution in [3.8, 4) is 0 Å². The maximum atomic E-state index is 12.5. The number of carbonyl (C=O) groups is 1. The largest absolute Gasteiger partial charge is 0.475 e. The van der Waals surface area contributed by atoms with E-state index < -0.39 is 13.1 Å². The van der Waals surface area contributed by atoms with E-state index in [0.717, 1.165) is 23.4 Å². The highest BCUT2D eigenvalue weighted by molar-refractivity contribution is 6.43. The molecule has 1 atom stereocenters. The molecule has 0 fully saturated rings. The smallest absolute Gasteiger partial charge is 0.426 e. The zero-order valence-electron chi connectivity index (χ0n) is 18.5. The van der Waals surface area contributed by atoms with Gasteiger partial charge in [-0.05, 0) is 30.5 Å². The Morgan fingerprint density at radius 3 is 2.27 bits per heavy atom. The average molecular weight is 472 g/mol. The highest BCUT2D eigenvalue weighted by Gasteiger charge is 2.25. The molecular formula is C23H31BClN5O3. The van der Waals surface area contributed by atoms with Crippen LogP contribution in [0.3, 0.4) is 0 Å². The number of unbranched alkanes of at least 4 members (excludes halogenated alkanes) is 1. The number of carbonyl (C=O) groups excluding carboxylic acids is 1. The molecule has 1 amide bonds. The number of rotatable bonds is 12. The number of halogens is 1. The predicted molar refractivity (Wildman–Crippen MR) is 131 cm³/mol. The molecule has 3 rings (SSSR count). The molecule has 3 aromatic rings. The normalized spacial score (nSPS) is 11.5. The molecule has 0 radical (unpaired) electrons. The van der Waals surface area contributed by atoms with Gasteiger partial charge in [0.15, 0.2) is 5.82 Å². The lowest BCUT2D eigenvalue weighted by atomic mass is 9.76. The summed E-state index contributed by atoms with van der Waals surface area (Å²) < 4.78 is 1.82. The summed E-state index contributed by atoms with van der Waals surface area (Å²) in [5.74, 6) is 0.0743. The summed E-state index contributed by atoms with van der Waals surface area (Å²) in [5, 5.41) is 26.4. The highest BCUT2D eigenvalue weighted by Crippen LogP contribution is 2.11. The summed E-state index contributed by atoms with van der Waals surface area (Å²) in [4.78, 5) is 17.2. The van der Waals surface area contributed by atoms with Gasteiger partial charge < -0.3 is 21.1 Å². The number of hydrogen-bond donors (Lipinski definition) is 4. The van der Waals surface area contributed by atoms with Gasteiger partial charge in [0.2, 0.25) is 5.91 Å². The molecular weight excluding hydrogens is 441 g/mol. The average Bonchev–Trinajstić information content (AvgIpc) is 3.14. The van der Waals surface area contributed by atoms with Crippen LogP contribution < -0.4 is 11.1 Å². The Balaban J connectivity index is 0.00000385. The number of amides is 1. The van der Waals surface area contributed by atoms with Gasteiger partial charge in [-0.2, -0.15) is 5.10 Å². The van der Waals surface area contributed by atoms with E-state index in [9.17, 15) is 14.8 Å². The Morgan fingerprint density at radius 1 is 1.03 bits per heavy atom. The lowest BCUT2D eigenvalue weighted by Gasteiger charge is -2.17. The van der Waals surface area contributed by atoms with E-state index >= 15 is 0 Å². The van der Waals surface area contributed by atoms with Gasteiger partial charge in [-0.3, -0.25) is 4.79 Å². The van der Waals surface area contributed by atoms with Crippen LogP contribution in [-0.2, 0) is 24.2 Å². The number of nitrogens with one attached hydrogen (secondary N) is 1. The first kappa shape index (κ1) is 26.5. The van der Waals surface area contributed by atoms with Gasteiger partial charge in [0.25, 0.3) is 0 Å². The van der Waals surface area contributed by atoms with Crippen molar-refractivity contribution in [2.24, 2.45) is 5.73 Å². The van der Waals surface area contributed by atoms with Crippen LogP contribution in [-0.4, -0.2) is 50.3 Å².